The molecule has 1 fully saturated rings. The van der Waals surface area contributed by atoms with Gasteiger partial charge in [-0.25, -0.2) is 0 Å². The van der Waals surface area contributed by atoms with Crippen LogP contribution >= 0.6 is 0 Å². The molecule has 1 atom stereocenters. The lowest BCUT2D eigenvalue weighted by molar-refractivity contribution is -0.544. The third-order valence-corrected chi connectivity index (χ3v) is 5.60. The second kappa shape index (κ2) is 9.20. The minimum Gasteiger partial charge on any atom is -0.324 e. The van der Waals surface area contributed by atoms with Crippen LogP contribution in [0, 0.1) is 5.92 Å². The van der Waals surface area contributed by atoms with E-state index in [2.05, 4.69) is 31.4 Å². The van der Waals surface area contributed by atoms with Crippen molar-refractivity contribution >= 4 is 29.1 Å². The number of piperidine rings is 1. The molecule has 7 heteroatoms. The topological polar surface area (TPSA) is 113 Å². The molecule has 2 aromatic carbocycles. The van der Waals surface area contributed by atoms with Crippen molar-refractivity contribution in [2.75, 3.05) is 23.7 Å². The van der Waals surface area contributed by atoms with Gasteiger partial charge < -0.3 is 10.6 Å². The van der Waals surface area contributed by atoms with Gasteiger partial charge >= 0.3 is 5.96 Å². The predicted octanol–water partition coefficient (Wildman–Crippen LogP) is 2.87. The van der Waals surface area contributed by atoms with Crippen LogP contribution in [0.5, 0.6) is 0 Å². The highest BCUT2D eigenvalue weighted by molar-refractivity contribution is 6.07. The second-order valence-electron chi connectivity index (χ2n) is 9.03. The van der Waals surface area contributed by atoms with Crippen molar-refractivity contribution in [2.45, 2.75) is 39.0 Å². The molecule has 2 aromatic rings. The molecule has 0 radical (unpaired) electrons. The minimum absolute atomic E-state index is 0.0207. The Morgan fingerprint density at radius 3 is 2.16 bits per heavy atom. The average molecular weight is 423 g/mol. The van der Waals surface area contributed by atoms with Crippen molar-refractivity contribution < 1.29 is 14.2 Å². The molecule has 7 nitrogen and oxygen atoms in total. The summed E-state index contributed by atoms with van der Waals surface area (Å²) in [4.78, 5) is 25.6. The molecule has 1 unspecified atom stereocenters. The molecule has 6 N–H and O–H groups in total. The number of hydrogen-bond acceptors (Lipinski definition) is 2. The van der Waals surface area contributed by atoms with Crippen molar-refractivity contribution in [3.8, 4) is 0 Å². The van der Waals surface area contributed by atoms with Gasteiger partial charge in [-0.1, -0.05) is 45.0 Å². The van der Waals surface area contributed by atoms with Gasteiger partial charge in [-0.3, -0.25) is 25.6 Å². The number of nitrogens with two attached hydrogens (primary N) is 2. The van der Waals surface area contributed by atoms with Crippen LogP contribution in [0.1, 0.15) is 49.5 Å². The summed E-state index contributed by atoms with van der Waals surface area (Å²) >= 11 is 0. The van der Waals surface area contributed by atoms with Gasteiger partial charge in [0.25, 0.3) is 5.91 Å². The van der Waals surface area contributed by atoms with Crippen molar-refractivity contribution in [2.24, 2.45) is 17.4 Å². The van der Waals surface area contributed by atoms with Gasteiger partial charge in [0, 0.05) is 5.56 Å². The molecule has 1 heterocycles. The van der Waals surface area contributed by atoms with E-state index >= 15 is 0 Å². The summed E-state index contributed by atoms with van der Waals surface area (Å²) in [6, 6.07) is 14.8. The van der Waals surface area contributed by atoms with E-state index < -0.39 is 0 Å². The van der Waals surface area contributed by atoms with Crippen molar-refractivity contribution in [1.29, 1.82) is 0 Å². The molecular weight excluding hydrogens is 390 g/mol. The lowest BCUT2D eigenvalue weighted by atomic mass is 9.87. The molecule has 31 heavy (non-hydrogen) atoms. The Morgan fingerprint density at radius 1 is 0.968 bits per heavy atom. The van der Waals surface area contributed by atoms with Gasteiger partial charge in [0.15, 0.2) is 0 Å². The third-order valence-electron chi connectivity index (χ3n) is 5.60. The Balaban J connectivity index is 1.71. The van der Waals surface area contributed by atoms with Gasteiger partial charge in [-0.15, -0.1) is 0 Å². The molecule has 2 amide bonds. The number of anilines is 2. The molecule has 0 aromatic heterocycles. The van der Waals surface area contributed by atoms with Crippen LogP contribution < -0.4 is 22.1 Å². The molecule has 0 spiro atoms. The minimum atomic E-state index is -0.225. The van der Waals surface area contributed by atoms with Crippen LogP contribution in [0.3, 0.4) is 0 Å². The first-order chi connectivity index (χ1) is 14.6. The summed E-state index contributed by atoms with van der Waals surface area (Å²) in [5.74, 6) is -0.314. The first-order valence-corrected chi connectivity index (χ1v) is 10.6. The molecule has 3 rings (SSSR count). The Hall–Kier alpha value is -3.35. The maximum absolute atomic E-state index is 12.8. The normalized spacial score (nSPS) is 16.5. The monoisotopic (exact) mass is 422 g/mol. The molecule has 0 aliphatic carbocycles. The summed E-state index contributed by atoms with van der Waals surface area (Å²) < 4.78 is 1.82. The lowest BCUT2D eigenvalue weighted by Crippen LogP contribution is -2.43. The highest BCUT2D eigenvalue weighted by atomic mass is 16.2. The molecule has 0 bridgehead atoms. The SMILES string of the molecule is CC(C)(C)c1ccc(C(=O)Nc2ccccc2NC(=O)C2CCC[N+](=C(N)N)C2)cc1. The number of hydrogen-bond donors (Lipinski definition) is 4. The van der Waals surface area contributed by atoms with Gasteiger partial charge in [0.2, 0.25) is 5.91 Å². The van der Waals surface area contributed by atoms with Crippen LogP contribution in [-0.4, -0.2) is 35.4 Å². The van der Waals surface area contributed by atoms with Crippen molar-refractivity contribution in [3.63, 3.8) is 0 Å². The second-order valence-corrected chi connectivity index (χ2v) is 9.03. The van der Waals surface area contributed by atoms with E-state index in [0.717, 1.165) is 24.9 Å². The maximum atomic E-state index is 12.8. The molecule has 1 aliphatic heterocycles. The summed E-state index contributed by atoms with van der Waals surface area (Å²) in [6.45, 7) is 7.64. The number of rotatable bonds is 4. The first-order valence-electron chi connectivity index (χ1n) is 10.6. The van der Waals surface area contributed by atoms with Crippen LogP contribution in [0.4, 0.5) is 11.4 Å². The van der Waals surface area contributed by atoms with Crippen LogP contribution in [0.15, 0.2) is 48.5 Å². The van der Waals surface area contributed by atoms with Gasteiger partial charge in [-0.05, 0) is 48.1 Å². The van der Waals surface area contributed by atoms with E-state index in [1.165, 1.54) is 0 Å². The fourth-order valence-corrected chi connectivity index (χ4v) is 3.68. The van der Waals surface area contributed by atoms with Gasteiger partial charge in [-0.2, -0.15) is 0 Å². The quantitative estimate of drug-likeness (QED) is 0.448. The third kappa shape index (κ3) is 5.63. The first kappa shape index (κ1) is 22.3. The van der Waals surface area contributed by atoms with E-state index in [1.54, 1.807) is 12.1 Å². The van der Waals surface area contributed by atoms with Crippen LogP contribution in [0.25, 0.3) is 0 Å². The van der Waals surface area contributed by atoms with Crippen molar-refractivity contribution in [3.05, 3.63) is 59.7 Å². The number of amides is 2. The predicted molar refractivity (Wildman–Crippen MR) is 124 cm³/mol. The lowest BCUT2D eigenvalue weighted by Gasteiger charge is -2.24. The Kier molecular flexibility index (Phi) is 6.63. The molecular formula is C24H32N5O2+. The molecule has 1 aliphatic rings. The summed E-state index contributed by atoms with van der Waals surface area (Å²) in [5, 5.41) is 5.87. The fraction of sp³-hybridized carbons (Fsp3) is 0.375. The van der Waals surface area contributed by atoms with Crippen LogP contribution in [-0.2, 0) is 10.2 Å². The number of carbonyl (C=O) groups is 2. The summed E-state index contributed by atoms with van der Waals surface area (Å²) in [6.07, 6.45) is 1.61. The summed E-state index contributed by atoms with van der Waals surface area (Å²) in [5.41, 5.74) is 14.2. The molecule has 1 saturated heterocycles. The smallest absolute Gasteiger partial charge is 0.324 e. The maximum Gasteiger partial charge on any atom is 0.341 e. The van der Waals surface area contributed by atoms with E-state index in [1.807, 2.05) is 41.0 Å². The zero-order chi connectivity index (χ0) is 22.6. The highest BCUT2D eigenvalue weighted by Crippen LogP contribution is 2.25. The summed E-state index contributed by atoms with van der Waals surface area (Å²) in [7, 11) is 0. The van der Waals surface area contributed by atoms with E-state index in [-0.39, 0.29) is 29.1 Å². The Labute approximate surface area is 183 Å². The number of nitrogens with one attached hydrogen (secondary N) is 2. The van der Waals surface area contributed by atoms with E-state index in [0.29, 0.717) is 23.5 Å². The largest absolute Gasteiger partial charge is 0.341 e. The molecule has 0 saturated carbocycles. The number of benzene rings is 2. The zero-order valence-electron chi connectivity index (χ0n) is 18.4. The Bertz CT molecular complexity index is 986. The fourth-order valence-electron chi connectivity index (χ4n) is 3.68. The zero-order valence-corrected chi connectivity index (χ0v) is 18.4. The average Bonchev–Trinajstić information content (AvgIpc) is 2.74. The standard InChI is InChI=1S/C24H31N5O2/c1-24(2,3)18-12-10-16(11-13-18)21(30)27-19-8-4-5-9-20(19)28-22(31)17-7-6-14-29(15-17)23(25)26/h4-5,8-13,17H,6-7,14-15H2,1-3H3,(H5,25,26,27,28,30,31)/p+1. The van der Waals surface area contributed by atoms with Gasteiger partial charge in [0.05, 0.1) is 30.4 Å². The number of para-hydroxylation sites is 2. The number of nitrogens with zero attached hydrogens (tertiary/aromatic N) is 1. The Morgan fingerprint density at radius 2 is 1.58 bits per heavy atom. The van der Waals surface area contributed by atoms with Crippen molar-refractivity contribution in [1.82, 2.24) is 0 Å². The number of carbonyl (C=O) groups excluding carboxylic acids is 2. The number of guanidine groups is 1. The van der Waals surface area contributed by atoms with Gasteiger partial charge in [0.1, 0.15) is 0 Å². The highest BCUT2D eigenvalue weighted by Gasteiger charge is 2.27. The molecule has 164 valence electrons. The van der Waals surface area contributed by atoms with Crippen LogP contribution in [0.2, 0.25) is 0 Å². The van der Waals surface area contributed by atoms with E-state index in [9.17, 15) is 9.59 Å². The van der Waals surface area contributed by atoms with E-state index in [4.69, 9.17) is 11.5 Å².